The first-order valence-electron chi connectivity index (χ1n) is 8.40. The summed E-state index contributed by atoms with van der Waals surface area (Å²) in [7, 11) is 0. The fraction of sp³-hybridized carbons (Fsp3) is 0.529. The van der Waals surface area contributed by atoms with Gasteiger partial charge in [0.2, 0.25) is 5.91 Å². The summed E-state index contributed by atoms with van der Waals surface area (Å²) in [5.74, 6) is -0.691. The predicted octanol–water partition coefficient (Wildman–Crippen LogP) is 2.16. The van der Waals surface area contributed by atoms with Gasteiger partial charge in [0.25, 0.3) is 11.6 Å². The van der Waals surface area contributed by atoms with E-state index in [9.17, 15) is 19.7 Å². The molecule has 0 saturated carbocycles. The molecule has 0 unspecified atom stereocenters. The highest BCUT2D eigenvalue weighted by molar-refractivity contribution is 6.34. The van der Waals surface area contributed by atoms with Crippen LogP contribution < -0.4 is 10.6 Å². The maximum atomic E-state index is 12.5. The minimum Gasteiger partial charge on any atom is -0.381 e. The predicted molar refractivity (Wildman–Crippen MR) is 96.1 cm³/mol. The number of hydrogen-bond acceptors (Lipinski definition) is 5. The third-order valence-electron chi connectivity index (χ3n) is 4.23. The SMILES string of the molecule is CC(C)[C@H](NC(=O)c1ccc([N+](=O)[O-])cc1Cl)C(=O)NC[C@@H]1CCOC1. The van der Waals surface area contributed by atoms with Crippen molar-refractivity contribution >= 4 is 29.1 Å². The summed E-state index contributed by atoms with van der Waals surface area (Å²) >= 11 is 5.98. The van der Waals surface area contributed by atoms with Crippen molar-refractivity contribution in [3.05, 3.63) is 38.9 Å². The second-order valence-corrected chi connectivity index (χ2v) is 7.00. The highest BCUT2D eigenvalue weighted by atomic mass is 35.5. The van der Waals surface area contributed by atoms with Crippen LogP contribution in [0.25, 0.3) is 0 Å². The Morgan fingerprint density at radius 2 is 2.15 bits per heavy atom. The number of nitrogens with one attached hydrogen (secondary N) is 2. The number of nitro groups is 1. The Morgan fingerprint density at radius 3 is 2.69 bits per heavy atom. The van der Waals surface area contributed by atoms with Crippen LogP contribution in [0.15, 0.2) is 18.2 Å². The van der Waals surface area contributed by atoms with Gasteiger partial charge >= 0.3 is 0 Å². The molecule has 0 aromatic heterocycles. The van der Waals surface area contributed by atoms with Gasteiger partial charge in [0.15, 0.2) is 0 Å². The van der Waals surface area contributed by atoms with Crippen LogP contribution >= 0.6 is 11.6 Å². The first-order chi connectivity index (χ1) is 12.3. The van der Waals surface area contributed by atoms with E-state index in [1.165, 1.54) is 12.1 Å². The van der Waals surface area contributed by atoms with Crippen LogP contribution in [-0.2, 0) is 9.53 Å². The third-order valence-corrected chi connectivity index (χ3v) is 4.55. The summed E-state index contributed by atoms with van der Waals surface area (Å²) in [6.07, 6.45) is 0.900. The van der Waals surface area contributed by atoms with E-state index in [2.05, 4.69) is 10.6 Å². The van der Waals surface area contributed by atoms with Gasteiger partial charge in [0.1, 0.15) is 6.04 Å². The van der Waals surface area contributed by atoms with Gasteiger partial charge in [-0.05, 0) is 18.4 Å². The zero-order chi connectivity index (χ0) is 19.3. The second-order valence-electron chi connectivity index (χ2n) is 6.59. The molecule has 1 fully saturated rings. The lowest BCUT2D eigenvalue weighted by Crippen LogP contribution is -2.50. The minimum absolute atomic E-state index is 0.0391. The number of benzene rings is 1. The average Bonchev–Trinajstić information content (AvgIpc) is 3.10. The number of nitrogens with zero attached hydrogens (tertiary/aromatic N) is 1. The van der Waals surface area contributed by atoms with Gasteiger partial charge in [0, 0.05) is 31.2 Å². The topological polar surface area (TPSA) is 111 Å². The van der Waals surface area contributed by atoms with E-state index in [4.69, 9.17) is 16.3 Å². The number of hydrogen-bond donors (Lipinski definition) is 2. The molecule has 2 atom stereocenters. The standard InChI is InChI=1S/C17H22ClN3O5/c1-10(2)15(17(23)19-8-11-5-6-26-9-11)20-16(22)13-4-3-12(21(24)25)7-14(13)18/h3-4,7,10-11,15H,5-6,8-9H2,1-2H3,(H,19,23)(H,20,22)/t11-,15-/m0/s1. The molecule has 26 heavy (non-hydrogen) atoms. The molecule has 9 heteroatoms. The van der Waals surface area contributed by atoms with E-state index in [1.807, 2.05) is 13.8 Å². The van der Waals surface area contributed by atoms with Crippen molar-refractivity contribution in [1.29, 1.82) is 0 Å². The highest BCUT2D eigenvalue weighted by Crippen LogP contribution is 2.22. The fourth-order valence-corrected chi connectivity index (χ4v) is 2.92. The van der Waals surface area contributed by atoms with E-state index >= 15 is 0 Å². The molecule has 8 nitrogen and oxygen atoms in total. The fourth-order valence-electron chi connectivity index (χ4n) is 2.65. The average molecular weight is 384 g/mol. The molecule has 2 N–H and O–H groups in total. The highest BCUT2D eigenvalue weighted by Gasteiger charge is 2.27. The molecular weight excluding hydrogens is 362 g/mol. The number of amides is 2. The normalized spacial score (nSPS) is 17.8. The number of rotatable bonds is 7. The smallest absolute Gasteiger partial charge is 0.270 e. The molecule has 1 saturated heterocycles. The number of carbonyl (C=O) groups is 2. The molecule has 1 aromatic rings. The van der Waals surface area contributed by atoms with Crippen LogP contribution in [0.1, 0.15) is 30.6 Å². The largest absolute Gasteiger partial charge is 0.381 e. The van der Waals surface area contributed by atoms with Gasteiger partial charge in [-0.25, -0.2) is 0 Å². The van der Waals surface area contributed by atoms with E-state index in [0.717, 1.165) is 12.5 Å². The van der Waals surface area contributed by atoms with Crippen LogP contribution in [0.4, 0.5) is 5.69 Å². The summed E-state index contributed by atoms with van der Waals surface area (Å²) in [5.41, 5.74) is -0.122. The van der Waals surface area contributed by atoms with Crippen LogP contribution in [0, 0.1) is 22.0 Å². The number of ether oxygens (including phenoxy) is 1. The van der Waals surface area contributed by atoms with Crippen LogP contribution in [0.5, 0.6) is 0 Å². The Morgan fingerprint density at radius 1 is 1.42 bits per heavy atom. The van der Waals surface area contributed by atoms with E-state index in [-0.39, 0.29) is 34.0 Å². The first-order valence-corrected chi connectivity index (χ1v) is 8.77. The van der Waals surface area contributed by atoms with Gasteiger partial charge in [-0.1, -0.05) is 25.4 Å². The summed E-state index contributed by atoms with van der Waals surface area (Å²) < 4.78 is 5.28. The van der Waals surface area contributed by atoms with Gasteiger partial charge < -0.3 is 15.4 Å². The van der Waals surface area contributed by atoms with Crippen molar-refractivity contribution in [2.75, 3.05) is 19.8 Å². The van der Waals surface area contributed by atoms with Crippen molar-refractivity contribution in [1.82, 2.24) is 10.6 Å². The molecule has 2 rings (SSSR count). The third kappa shape index (κ3) is 5.15. The van der Waals surface area contributed by atoms with Crippen molar-refractivity contribution in [2.24, 2.45) is 11.8 Å². The Kier molecular flexibility index (Phi) is 6.93. The number of halogens is 1. The summed E-state index contributed by atoms with van der Waals surface area (Å²) in [6.45, 7) is 5.46. The van der Waals surface area contributed by atoms with Crippen molar-refractivity contribution in [2.45, 2.75) is 26.3 Å². The quantitative estimate of drug-likeness (QED) is 0.553. The molecule has 2 amide bonds. The van der Waals surface area contributed by atoms with Gasteiger partial charge in [0.05, 0.1) is 22.1 Å². The first kappa shape index (κ1) is 20.1. The van der Waals surface area contributed by atoms with Gasteiger partial charge in [-0.3, -0.25) is 19.7 Å². The number of nitro benzene ring substituents is 1. The molecule has 0 bridgehead atoms. The zero-order valence-corrected chi connectivity index (χ0v) is 15.4. The van der Waals surface area contributed by atoms with Gasteiger partial charge in [-0.2, -0.15) is 0 Å². The summed E-state index contributed by atoms with van der Waals surface area (Å²) in [5, 5.41) is 16.2. The van der Waals surface area contributed by atoms with Crippen molar-refractivity contribution in [3.8, 4) is 0 Å². The van der Waals surface area contributed by atoms with Gasteiger partial charge in [-0.15, -0.1) is 0 Å². The molecule has 0 radical (unpaired) electrons. The number of carbonyl (C=O) groups excluding carboxylic acids is 2. The Labute approximate surface area is 156 Å². The van der Waals surface area contributed by atoms with E-state index in [1.54, 1.807) is 0 Å². The van der Waals surface area contributed by atoms with Crippen LogP contribution in [-0.4, -0.2) is 42.5 Å². The van der Waals surface area contributed by atoms with Crippen LogP contribution in [0.3, 0.4) is 0 Å². The van der Waals surface area contributed by atoms with Crippen LogP contribution in [0.2, 0.25) is 5.02 Å². The Balaban J connectivity index is 2.02. The Hall–Kier alpha value is -2.19. The second kappa shape index (κ2) is 8.95. The lowest BCUT2D eigenvalue weighted by molar-refractivity contribution is -0.384. The molecule has 1 aromatic carbocycles. The molecule has 142 valence electrons. The molecule has 1 aliphatic rings. The molecule has 1 heterocycles. The number of non-ortho nitro benzene ring substituents is 1. The van der Waals surface area contributed by atoms with E-state index < -0.39 is 16.9 Å². The molecule has 0 spiro atoms. The molecule has 0 aliphatic carbocycles. The lowest BCUT2D eigenvalue weighted by Gasteiger charge is -2.22. The summed E-state index contributed by atoms with van der Waals surface area (Å²) in [4.78, 5) is 35.1. The van der Waals surface area contributed by atoms with Crippen molar-refractivity contribution < 1.29 is 19.2 Å². The molecule has 1 aliphatic heterocycles. The zero-order valence-electron chi connectivity index (χ0n) is 14.7. The Bertz CT molecular complexity index is 689. The van der Waals surface area contributed by atoms with Crippen molar-refractivity contribution in [3.63, 3.8) is 0 Å². The maximum Gasteiger partial charge on any atom is 0.270 e. The summed E-state index contributed by atoms with van der Waals surface area (Å²) in [6, 6.07) is 2.85. The maximum absolute atomic E-state index is 12.5. The monoisotopic (exact) mass is 383 g/mol. The molecular formula is C17H22ClN3O5. The lowest BCUT2D eigenvalue weighted by atomic mass is 10.0. The minimum atomic E-state index is -0.740. The van der Waals surface area contributed by atoms with E-state index in [0.29, 0.717) is 19.8 Å².